The second-order valence-corrected chi connectivity index (χ2v) is 6.87. The molecule has 0 aliphatic carbocycles. The van der Waals surface area contributed by atoms with Gasteiger partial charge in [0.2, 0.25) is 0 Å². The second kappa shape index (κ2) is 6.39. The minimum Gasteiger partial charge on any atom is -0.396 e. The highest BCUT2D eigenvalue weighted by Crippen LogP contribution is 2.37. The molecule has 21 heavy (non-hydrogen) atoms. The van der Waals surface area contributed by atoms with E-state index >= 15 is 0 Å². The molecule has 0 aromatic heterocycles. The molecule has 0 radical (unpaired) electrons. The lowest BCUT2D eigenvalue weighted by atomic mass is 9.80. The van der Waals surface area contributed by atoms with Crippen molar-refractivity contribution in [1.82, 2.24) is 4.90 Å². The van der Waals surface area contributed by atoms with E-state index in [-0.39, 0.29) is 0 Å². The predicted octanol–water partition coefficient (Wildman–Crippen LogP) is 1.16. The van der Waals surface area contributed by atoms with Crippen LogP contribution in [0, 0.1) is 11.7 Å². The van der Waals surface area contributed by atoms with Crippen LogP contribution in [0.1, 0.15) is 20.6 Å². The van der Waals surface area contributed by atoms with Crippen LogP contribution in [0.25, 0.3) is 0 Å². The standard InChI is InChI=1S/C14H20FNO4S/c1-16-8-7-12(10-3-5-11(15)6-4-10)13(9-17)14(16)20-21(2,18)19/h3-6,12-14,17H,7-9H2,1-2H3/t12-,13+,14?/m0/s1/i9D2. The summed E-state index contributed by atoms with van der Waals surface area (Å²) in [7, 11) is -2.24. The van der Waals surface area contributed by atoms with E-state index in [2.05, 4.69) is 0 Å². The van der Waals surface area contributed by atoms with Crippen molar-refractivity contribution >= 4 is 10.1 Å². The van der Waals surface area contributed by atoms with Gasteiger partial charge in [0.15, 0.2) is 0 Å². The molecule has 5 nitrogen and oxygen atoms in total. The SMILES string of the molecule is [2H]C([2H])(O)[C@H]1C(OS(C)(=O)=O)N(C)CC[C@H]1c1ccc(F)cc1. The van der Waals surface area contributed by atoms with Gasteiger partial charge in [-0.3, -0.25) is 9.08 Å². The summed E-state index contributed by atoms with van der Waals surface area (Å²) >= 11 is 0. The van der Waals surface area contributed by atoms with Crippen molar-refractivity contribution < 1.29 is 24.8 Å². The quantitative estimate of drug-likeness (QED) is 0.844. The van der Waals surface area contributed by atoms with Gasteiger partial charge in [-0.15, -0.1) is 0 Å². The summed E-state index contributed by atoms with van der Waals surface area (Å²) in [5.41, 5.74) is 0.629. The molecule has 1 unspecified atom stereocenters. The molecular weight excluding hydrogens is 297 g/mol. The summed E-state index contributed by atoms with van der Waals surface area (Å²) < 4.78 is 56.6. The predicted molar refractivity (Wildman–Crippen MR) is 76.7 cm³/mol. The monoisotopic (exact) mass is 319 g/mol. The van der Waals surface area contributed by atoms with Crippen LogP contribution in [0.4, 0.5) is 4.39 Å². The van der Waals surface area contributed by atoms with Crippen molar-refractivity contribution in [3.8, 4) is 0 Å². The van der Waals surface area contributed by atoms with Crippen LogP contribution in [0.5, 0.6) is 0 Å². The Morgan fingerprint density at radius 1 is 1.48 bits per heavy atom. The fourth-order valence-electron chi connectivity index (χ4n) is 2.67. The molecule has 1 aromatic carbocycles. The molecule has 118 valence electrons. The van der Waals surface area contributed by atoms with Crippen LogP contribution < -0.4 is 0 Å². The molecule has 1 aliphatic rings. The summed E-state index contributed by atoms with van der Waals surface area (Å²) in [4.78, 5) is 1.56. The van der Waals surface area contributed by atoms with E-state index in [4.69, 9.17) is 6.92 Å². The molecule has 2 rings (SSSR count). The largest absolute Gasteiger partial charge is 0.396 e. The Labute approximate surface area is 127 Å². The molecule has 0 amide bonds. The maximum atomic E-state index is 13.1. The van der Waals surface area contributed by atoms with Crippen LogP contribution in [0.2, 0.25) is 0 Å². The van der Waals surface area contributed by atoms with Crippen molar-refractivity contribution in [1.29, 1.82) is 0 Å². The van der Waals surface area contributed by atoms with E-state index in [0.29, 0.717) is 18.5 Å². The van der Waals surface area contributed by atoms with Gasteiger partial charge in [0.05, 0.1) is 15.6 Å². The summed E-state index contributed by atoms with van der Waals surface area (Å²) in [5.74, 6) is -2.06. The van der Waals surface area contributed by atoms with E-state index in [1.165, 1.54) is 24.3 Å². The molecule has 0 bridgehead atoms. The van der Waals surface area contributed by atoms with Crippen molar-refractivity contribution in [2.45, 2.75) is 18.6 Å². The van der Waals surface area contributed by atoms with Crippen LogP contribution in [0.15, 0.2) is 24.3 Å². The third-order valence-corrected chi connectivity index (χ3v) is 4.24. The first-order valence-corrected chi connectivity index (χ1v) is 8.37. The molecule has 1 fully saturated rings. The molecule has 1 aliphatic heterocycles. The number of hydrogen-bond acceptors (Lipinski definition) is 5. The highest BCUT2D eigenvalue weighted by molar-refractivity contribution is 7.86. The number of nitrogens with zero attached hydrogens (tertiary/aromatic N) is 1. The molecule has 7 heteroatoms. The van der Waals surface area contributed by atoms with Gasteiger partial charge in [-0.25, -0.2) is 4.39 Å². The van der Waals surface area contributed by atoms with Crippen LogP contribution in [-0.4, -0.2) is 51.1 Å². The third-order valence-electron chi connectivity index (χ3n) is 3.69. The number of rotatable bonds is 4. The Bertz CT molecular complexity index is 648. The summed E-state index contributed by atoms with van der Waals surface area (Å²) in [6.07, 6.45) is 0.219. The number of aliphatic hydroxyl groups is 1. The van der Waals surface area contributed by atoms with Gasteiger partial charge < -0.3 is 5.11 Å². The van der Waals surface area contributed by atoms with Crippen molar-refractivity contribution in [2.75, 3.05) is 26.4 Å². The third kappa shape index (κ3) is 4.00. The zero-order valence-corrected chi connectivity index (χ0v) is 12.7. The molecule has 0 spiro atoms. The summed E-state index contributed by atoms with van der Waals surface area (Å²) in [5, 5.41) is 9.97. The van der Waals surface area contributed by atoms with E-state index in [1.807, 2.05) is 0 Å². The number of likely N-dealkylation sites (tertiary alicyclic amines) is 1. The minimum atomic E-state index is -3.84. The Morgan fingerprint density at radius 2 is 2.10 bits per heavy atom. The van der Waals surface area contributed by atoms with Crippen LogP contribution in [-0.2, 0) is 14.3 Å². The Hall–Kier alpha value is -1.02. The normalized spacial score (nSPS) is 29.8. The zero-order valence-electron chi connectivity index (χ0n) is 13.9. The van der Waals surface area contributed by atoms with Gasteiger partial charge in [0.25, 0.3) is 10.1 Å². The lowest BCUT2D eigenvalue weighted by Crippen LogP contribution is -2.49. The van der Waals surface area contributed by atoms with Gasteiger partial charge >= 0.3 is 0 Å². The van der Waals surface area contributed by atoms with Gasteiger partial charge in [-0.1, -0.05) is 12.1 Å². The van der Waals surface area contributed by atoms with Gasteiger partial charge in [0.1, 0.15) is 12.0 Å². The number of hydrogen-bond donors (Lipinski definition) is 1. The summed E-state index contributed by atoms with van der Waals surface area (Å²) in [6.45, 7) is -2.21. The molecule has 1 heterocycles. The Balaban J connectivity index is 2.43. The second-order valence-electron chi connectivity index (χ2n) is 5.27. The van der Waals surface area contributed by atoms with Gasteiger partial charge in [-0.05, 0) is 37.1 Å². The van der Waals surface area contributed by atoms with Crippen molar-refractivity contribution in [2.24, 2.45) is 5.92 Å². The fourth-order valence-corrected chi connectivity index (χ4v) is 3.30. The lowest BCUT2D eigenvalue weighted by molar-refractivity contribution is -0.0555. The van der Waals surface area contributed by atoms with E-state index in [0.717, 1.165) is 6.26 Å². The first-order chi connectivity index (χ1) is 10.5. The maximum absolute atomic E-state index is 13.1. The molecule has 0 saturated carbocycles. The van der Waals surface area contributed by atoms with Crippen LogP contribution in [0.3, 0.4) is 0 Å². The molecule has 3 atom stereocenters. The first kappa shape index (κ1) is 13.6. The van der Waals surface area contributed by atoms with E-state index < -0.39 is 40.6 Å². The van der Waals surface area contributed by atoms with Gasteiger partial charge in [0, 0.05) is 12.5 Å². The highest BCUT2D eigenvalue weighted by Gasteiger charge is 2.39. The lowest BCUT2D eigenvalue weighted by Gasteiger charge is -2.42. The maximum Gasteiger partial charge on any atom is 0.265 e. The zero-order chi connectivity index (χ0) is 17.4. The smallest absolute Gasteiger partial charge is 0.265 e. The molecule has 1 saturated heterocycles. The van der Waals surface area contributed by atoms with E-state index in [1.54, 1.807) is 11.9 Å². The molecule has 1 aromatic rings. The van der Waals surface area contributed by atoms with Crippen molar-refractivity contribution in [3.63, 3.8) is 0 Å². The van der Waals surface area contributed by atoms with Crippen molar-refractivity contribution in [3.05, 3.63) is 35.6 Å². The van der Waals surface area contributed by atoms with Gasteiger partial charge in [-0.2, -0.15) is 8.42 Å². The average Bonchev–Trinajstić information content (AvgIpc) is 2.39. The summed E-state index contributed by atoms with van der Waals surface area (Å²) in [6, 6.07) is 5.54. The first-order valence-electron chi connectivity index (χ1n) is 7.55. The van der Waals surface area contributed by atoms with Crippen LogP contribution >= 0.6 is 0 Å². The highest BCUT2D eigenvalue weighted by atomic mass is 32.2. The number of benzene rings is 1. The number of halogens is 1. The Morgan fingerprint density at radius 3 is 2.62 bits per heavy atom. The van der Waals surface area contributed by atoms with E-state index in [9.17, 15) is 17.9 Å². The Kier molecular flexibility index (Phi) is 4.15. The minimum absolute atomic E-state index is 0.422. The molecular formula is C14H20FNO4S. The topological polar surface area (TPSA) is 66.8 Å². The average molecular weight is 319 g/mol. The fraction of sp³-hybridized carbons (Fsp3) is 0.571. The molecule has 1 N–H and O–H groups in total. The number of piperidine rings is 1.